The number of nitrogens with one attached hydrogen (secondary N) is 2. The summed E-state index contributed by atoms with van der Waals surface area (Å²) in [6.07, 6.45) is 3.09. The molecule has 0 fully saturated rings. The summed E-state index contributed by atoms with van der Waals surface area (Å²) in [5.74, 6) is -1.52. The van der Waals surface area contributed by atoms with Crippen molar-refractivity contribution in [2.45, 2.75) is 0 Å². The Kier molecular flexibility index (Phi) is 5.21. The van der Waals surface area contributed by atoms with Gasteiger partial charge in [0.2, 0.25) is 0 Å². The van der Waals surface area contributed by atoms with Crippen LogP contribution in [0.15, 0.2) is 48.8 Å². The first-order valence-corrected chi connectivity index (χ1v) is 8.45. The first-order chi connectivity index (χ1) is 12.0. The average Bonchev–Trinajstić information content (AvgIpc) is 3.12. The van der Waals surface area contributed by atoms with Gasteiger partial charge in [0, 0.05) is 16.0 Å². The van der Waals surface area contributed by atoms with Crippen LogP contribution in [0.1, 0.15) is 10.4 Å². The minimum Gasteiger partial charge on any atom is -0.354 e. The predicted molar refractivity (Wildman–Crippen MR) is 100 cm³/mol. The molecular formula is C16H11ClFIN4O2. The maximum Gasteiger partial charge on any atom is 0.276 e. The van der Waals surface area contributed by atoms with Crippen LogP contribution in [0, 0.1) is 9.39 Å². The Hall–Kier alpha value is -2.17. The van der Waals surface area contributed by atoms with E-state index in [0.717, 1.165) is 9.64 Å². The molecule has 0 spiro atoms. The molecule has 0 aliphatic rings. The SMILES string of the molecule is O=C(NO)c1cc(F)c(-n2cccn2)cc1Nc1ccc(I)cc1Cl. The monoisotopic (exact) mass is 472 g/mol. The van der Waals surface area contributed by atoms with Gasteiger partial charge in [0.1, 0.15) is 11.5 Å². The second-order valence-electron chi connectivity index (χ2n) is 4.99. The molecule has 0 bridgehead atoms. The van der Waals surface area contributed by atoms with Gasteiger partial charge in [-0.2, -0.15) is 5.10 Å². The Balaban J connectivity index is 2.11. The molecule has 0 atom stereocenters. The van der Waals surface area contributed by atoms with E-state index >= 15 is 0 Å². The number of amides is 1. The van der Waals surface area contributed by atoms with Crippen molar-refractivity contribution >= 4 is 51.5 Å². The zero-order valence-corrected chi connectivity index (χ0v) is 15.4. The molecular weight excluding hydrogens is 462 g/mol. The van der Waals surface area contributed by atoms with Gasteiger partial charge in [0.05, 0.1) is 22.0 Å². The molecule has 0 aliphatic carbocycles. The van der Waals surface area contributed by atoms with Crippen molar-refractivity contribution in [1.29, 1.82) is 0 Å². The van der Waals surface area contributed by atoms with Gasteiger partial charge in [0.15, 0.2) is 0 Å². The highest BCUT2D eigenvalue weighted by molar-refractivity contribution is 14.1. The topological polar surface area (TPSA) is 79.2 Å². The number of hydroxylamine groups is 1. The molecule has 128 valence electrons. The van der Waals surface area contributed by atoms with Crippen LogP contribution in [0.3, 0.4) is 0 Å². The van der Waals surface area contributed by atoms with E-state index in [1.165, 1.54) is 22.4 Å². The number of aromatic nitrogens is 2. The van der Waals surface area contributed by atoms with E-state index in [4.69, 9.17) is 16.8 Å². The van der Waals surface area contributed by atoms with Crippen LogP contribution in [-0.2, 0) is 0 Å². The second kappa shape index (κ2) is 7.38. The number of carbonyl (C=O) groups excluding carboxylic acids is 1. The standard InChI is InChI=1S/C16H11ClFIN4O2/c17-11-6-9(19)2-3-13(11)21-14-8-15(23-5-1-4-20-23)12(18)7-10(14)16(24)22-25/h1-8,21,25H,(H,22,24). The van der Waals surface area contributed by atoms with Crippen LogP contribution in [0.5, 0.6) is 0 Å². The minimum atomic E-state index is -0.852. The normalized spacial score (nSPS) is 10.6. The van der Waals surface area contributed by atoms with E-state index in [1.807, 2.05) is 6.07 Å². The third-order valence-electron chi connectivity index (χ3n) is 3.38. The van der Waals surface area contributed by atoms with Gasteiger partial charge >= 0.3 is 0 Å². The molecule has 3 aromatic rings. The first kappa shape index (κ1) is 17.6. The Labute approximate surface area is 160 Å². The van der Waals surface area contributed by atoms with Crippen LogP contribution >= 0.6 is 34.2 Å². The van der Waals surface area contributed by atoms with Gasteiger partial charge in [-0.1, -0.05) is 11.6 Å². The van der Waals surface area contributed by atoms with E-state index in [0.29, 0.717) is 10.7 Å². The summed E-state index contributed by atoms with van der Waals surface area (Å²) in [4.78, 5) is 11.9. The number of halogens is 3. The van der Waals surface area contributed by atoms with Crippen LogP contribution in [0.2, 0.25) is 5.02 Å². The summed E-state index contributed by atoms with van der Waals surface area (Å²) in [7, 11) is 0. The molecule has 1 heterocycles. The molecule has 0 radical (unpaired) electrons. The molecule has 25 heavy (non-hydrogen) atoms. The van der Waals surface area contributed by atoms with Crippen molar-refractivity contribution in [3.63, 3.8) is 0 Å². The highest BCUT2D eigenvalue weighted by Gasteiger charge is 2.18. The summed E-state index contributed by atoms with van der Waals surface area (Å²) >= 11 is 8.33. The number of rotatable bonds is 4. The zero-order valence-electron chi connectivity index (χ0n) is 12.5. The molecule has 2 aromatic carbocycles. The van der Waals surface area contributed by atoms with Crippen molar-refractivity contribution < 1.29 is 14.4 Å². The molecule has 1 aromatic heterocycles. The lowest BCUT2D eigenvalue weighted by Crippen LogP contribution is -2.20. The summed E-state index contributed by atoms with van der Waals surface area (Å²) < 4.78 is 16.7. The number of nitrogens with zero attached hydrogens (tertiary/aromatic N) is 2. The van der Waals surface area contributed by atoms with E-state index in [9.17, 15) is 9.18 Å². The fourth-order valence-corrected chi connectivity index (χ4v) is 3.14. The fraction of sp³-hybridized carbons (Fsp3) is 0. The molecule has 0 saturated heterocycles. The maximum absolute atomic E-state index is 14.4. The Morgan fingerprint density at radius 2 is 2.08 bits per heavy atom. The van der Waals surface area contributed by atoms with E-state index in [-0.39, 0.29) is 16.9 Å². The van der Waals surface area contributed by atoms with Crippen molar-refractivity contribution in [3.8, 4) is 5.69 Å². The number of hydrogen-bond acceptors (Lipinski definition) is 4. The Morgan fingerprint density at radius 3 is 2.72 bits per heavy atom. The van der Waals surface area contributed by atoms with Gasteiger partial charge in [-0.05, 0) is 59.0 Å². The van der Waals surface area contributed by atoms with E-state index in [2.05, 4.69) is 33.0 Å². The minimum absolute atomic E-state index is 0.0782. The molecule has 6 nitrogen and oxygen atoms in total. The van der Waals surface area contributed by atoms with Crippen LogP contribution in [0.25, 0.3) is 5.69 Å². The van der Waals surface area contributed by atoms with Gasteiger partial charge < -0.3 is 5.32 Å². The van der Waals surface area contributed by atoms with Crippen molar-refractivity contribution in [3.05, 3.63) is 68.8 Å². The van der Waals surface area contributed by atoms with Gasteiger partial charge in [-0.15, -0.1) is 0 Å². The molecule has 0 aliphatic heterocycles. The lowest BCUT2D eigenvalue weighted by molar-refractivity contribution is 0.0707. The quantitative estimate of drug-likeness (QED) is 0.303. The van der Waals surface area contributed by atoms with Gasteiger partial charge in [-0.3, -0.25) is 10.0 Å². The summed E-state index contributed by atoms with van der Waals surface area (Å²) in [6, 6.07) is 9.40. The van der Waals surface area contributed by atoms with Crippen molar-refractivity contribution in [2.24, 2.45) is 0 Å². The number of carbonyl (C=O) groups is 1. The summed E-state index contributed by atoms with van der Waals surface area (Å²) in [6.45, 7) is 0. The first-order valence-electron chi connectivity index (χ1n) is 6.99. The molecule has 9 heteroatoms. The van der Waals surface area contributed by atoms with Crippen molar-refractivity contribution in [1.82, 2.24) is 15.3 Å². The number of hydrogen-bond donors (Lipinski definition) is 3. The van der Waals surface area contributed by atoms with E-state index < -0.39 is 11.7 Å². The molecule has 1 amide bonds. The average molecular weight is 473 g/mol. The molecule has 3 rings (SSSR count). The predicted octanol–water partition coefficient (Wildman–Crippen LogP) is 4.13. The number of anilines is 2. The van der Waals surface area contributed by atoms with Crippen LogP contribution < -0.4 is 10.8 Å². The van der Waals surface area contributed by atoms with Gasteiger partial charge in [0.25, 0.3) is 5.91 Å². The molecule has 0 unspecified atom stereocenters. The highest BCUT2D eigenvalue weighted by atomic mass is 127. The number of benzene rings is 2. The second-order valence-corrected chi connectivity index (χ2v) is 6.64. The third-order valence-corrected chi connectivity index (χ3v) is 4.37. The smallest absolute Gasteiger partial charge is 0.276 e. The Bertz CT molecular complexity index is 934. The van der Waals surface area contributed by atoms with E-state index in [1.54, 1.807) is 24.4 Å². The molecule has 3 N–H and O–H groups in total. The van der Waals surface area contributed by atoms with Gasteiger partial charge in [-0.25, -0.2) is 14.6 Å². The fourth-order valence-electron chi connectivity index (χ4n) is 2.24. The lowest BCUT2D eigenvalue weighted by atomic mass is 10.1. The summed E-state index contributed by atoms with van der Waals surface area (Å²) in [5, 5.41) is 16.3. The largest absolute Gasteiger partial charge is 0.354 e. The van der Waals surface area contributed by atoms with Crippen LogP contribution in [0.4, 0.5) is 15.8 Å². The zero-order chi connectivity index (χ0) is 18.0. The third kappa shape index (κ3) is 3.75. The van der Waals surface area contributed by atoms with Crippen molar-refractivity contribution in [2.75, 3.05) is 5.32 Å². The summed E-state index contributed by atoms with van der Waals surface area (Å²) in [5.41, 5.74) is 2.37. The Morgan fingerprint density at radius 1 is 1.28 bits per heavy atom. The highest BCUT2D eigenvalue weighted by Crippen LogP contribution is 2.31. The molecule has 0 saturated carbocycles. The van der Waals surface area contributed by atoms with Crippen LogP contribution in [-0.4, -0.2) is 20.9 Å². The lowest BCUT2D eigenvalue weighted by Gasteiger charge is -2.15. The maximum atomic E-state index is 14.4.